The lowest BCUT2D eigenvalue weighted by atomic mass is 10.1. The van der Waals surface area contributed by atoms with Crippen LogP contribution >= 0.6 is 0 Å². The molecule has 6 nitrogen and oxygen atoms in total. The third kappa shape index (κ3) is 2.10. The van der Waals surface area contributed by atoms with Gasteiger partial charge in [0.2, 0.25) is 0 Å². The molecule has 0 fully saturated rings. The van der Waals surface area contributed by atoms with Crippen LogP contribution in [-0.4, -0.2) is 34.6 Å². The summed E-state index contributed by atoms with van der Waals surface area (Å²) < 4.78 is 5.99. The molecule has 2 aromatic rings. The maximum absolute atomic E-state index is 12.1. The van der Waals surface area contributed by atoms with Crippen LogP contribution in [0.2, 0.25) is 0 Å². The smallest absolute Gasteiger partial charge is 0.357 e. The number of carboxylic acids is 1. The van der Waals surface area contributed by atoms with E-state index in [0.29, 0.717) is 17.4 Å². The zero-order valence-electron chi connectivity index (χ0n) is 9.79. The summed E-state index contributed by atoms with van der Waals surface area (Å²) in [5.74, 6) is -1.16. The second-order valence-electron chi connectivity index (χ2n) is 3.72. The number of hydrogen-bond acceptors (Lipinski definition) is 4. The van der Waals surface area contributed by atoms with Crippen LogP contribution in [0.5, 0.6) is 0 Å². The Morgan fingerprint density at radius 3 is 2.67 bits per heavy atom. The van der Waals surface area contributed by atoms with Gasteiger partial charge in [-0.3, -0.25) is 4.79 Å². The number of aromatic carboxylic acids is 1. The fraction of sp³-hybridized carbons (Fsp3) is 0.250. The Labute approximate surface area is 102 Å². The largest absolute Gasteiger partial charge is 0.476 e. The second kappa shape index (κ2) is 4.97. The van der Waals surface area contributed by atoms with Gasteiger partial charge in [-0.1, -0.05) is 18.2 Å². The van der Waals surface area contributed by atoms with Gasteiger partial charge in [-0.2, -0.15) is 5.10 Å². The second-order valence-corrected chi connectivity index (χ2v) is 3.72. The molecule has 6 heteroatoms. The Morgan fingerprint density at radius 2 is 2.06 bits per heavy atom. The highest BCUT2D eigenvalue weighted by Crippen LogP contribution is 2.12. The summed E-state index contributed by atoms with van der Waals surface area (Å²) in [6, 6.07) is 6.54. The molecule has 1 aromatic carbocycles. The van der Waals surface area contributed by atoms with E-state index >= 15 is 0 Å². The van der Waals surface area contributed by atoms with Crippen molar-refractivity contribution >= 4 is 16.7 Å². The fourth-order valence-electron chi connectivity index (χ4n) is 1.72. The Balaban J connectivity index is 2.71. The zero-order chi connectivity index (χ0) is 13.1. The molecular formula is C12H12N2O4. The van der Waals surface area contributed by atoms with Gasteiger partial charge in [-0.25, -0.2) is 9.48 Å². The number of aromatic nitrogens is 2. The highest BCUT2D eigenvalue weighted by molar-refractivity contribution is 6.01. The lowest BCUT2D eigenvalue weighted by Gasteiger charge is -2.07. The summed E-state index contributed by atoms with van der Waals surface area (Å²) >= 11 is 0. The lowest BCUT2D eigenvalue weighted by molar-refractivity contribution is 0.0689. The van der Waals surface area contributed by atoms with Gasteiger partial charge < -0.3 is 9.84 Å². The van der Waals surface area contributed by atoms with Crippen molar-refractivity contribution in [2.45, 2.75) is 6.54 Å². The molecule has 0 atom stereocenters. The number of nitrogens with zero attached hydrogens (tertiary/aromatic N) is 2. The van der Waals surface area contributed by atoms with Crippen LogP contribution < -0.4 is 5.56 Å². The van der Waals surface area contributed by atoms with Crippen LogP contribution in [0.25, 0.3) is 10.8 Å². The summed E-state index contributed by atoms with van der Waals surface area (Å²) in [7, 11) is 1.50. The minimum absolute atomic E-state index is 0.124. The normalized spacial score (nSPS) is 10.7. The van der Waals surface area contributed by atoms with Crippen LogP contribution in [0.1, 0.15) is 10.5 Å². The van der Waals surface area contributed by atoms with E-state index in [9.17, 15) is 9.59 Å². The third-order valence-electron chi connectivity index (χ3n) is 2.58. The van der Waals surface area contributed by atoms with Crippen molar-refractivity contribution in [2.75, 3.05) is 13.7 Å². The van der Waals surface area contributed by atoms with Gasteiger partial charge >= 0.3 is 5.97 Å². The van der Waals surface area contributed by atoms with Crippen LogP contribution in [0.15, 0.2) is 29.1 Å². The fourth-order valence-corrected chi connectivity index (χ4v) is 1.72. The summed E-state index contributed by atoms with van der Waals surface area (Å²) in [5, 5.41) is 13.7. The number of fused-ring (bicyclic) bond motifs is 1. The summed E-state index contributed by atoms with van der Waals surface area (Å²) in [4.78, 5) is 23.2. The van der Waals surface area contributed by atoms with Crippen molar-refractivity contribution in [3.05, 3.63) is 40.3 Å². The Kier molecular flexibility index (Phi) is 3.38. The third-order valence-corrected chi connectivity index (χ3v) is 2.58. The molecule has 94 valence electrons. The molecule has 2 rings (SSSR count). The first-order chi connectivity index (χ1) is 8.65. The van der Waals surface area contributed by atoms with E-state index in [1.54, 1.807) is 24.3 Å². The van der Waals surface area contributed by atoms with Crippen molar-refractivity contribution in [2.24, 2.45) is 0 Å². The molecular weight excluding hydrogens is 236 g/mol. The molecule has 0 amide bonds. The maximum Gasteiger partial charge on any atom is 0.357 e. The predicted molar refractivity (Wildman–Crippen MR) is 64.8 cm³/mol. The Bertz CT molecular complexity index is 648. The number of rotatable bonds is 4. The van der Waals surface area contributed by atoms with E-state index in [-0.39, 0.29) is 17.8 Å². The zero-order valence-corrected chi connectivity index (χ0v) is 9.79. The average Bonchev–Trinajstić information content (AvgIpc) is 2.38. The molecule has 0 saturated carbocycles. The summed E-state index contributed by atoms with van der Waals surface area (Å²) in [5.41, 5.74) is -0.436. The molecule has 18 heavy (non-hydrogen) atoms. The van der Waals surface area contributed by atoms with Gasteiger partial charge in [0.15, 0.2) is 5.69 Å². The summed E-state index contributed by atoms with van der Waals surface area (Å²) in [6.45, 7) is 0.519. The first-order valence-electron chi connectivity index (χ1n) is 5.37. The van der Waals surface area contributed by atoms with E-state index in [1.165, 1.54) is 7.11 Å². The standard InChI is InChI=1S/C12H12N2O4/c1-18-7-6-14-11(15)9-5-3-2-4-8(9)10(13-14)12(16)17/h2-5H,6-7H2,1H3,(H,16,17). The average molecular weight is 248 g/mol. The van der Waals surface area contributed by atoms with Gasteiger partial charge in [0.1, 0.15) is 0 Å². The number of ether oxygens (including phenoxy) is 1. The Hall–Kier alpha value is -2.21. The molecule has 0 bridgehead atoms. The number of hydrogen-bond donors (Lipinski definition) is 1. The van der Waals surface area contributed by atoms with Crippen LogP contribution in [0.3, 0.4) is 0 Å². The van der Waals surface area contributed by atoms with Gasteiger partial charge in [0, 0.05) is 12.5 Å². The first-order valence-corrected chi connectivity index (χ1v) is 5.37. The van der Waals surface area contributed by atoms with Gasteiger partial charge in [0.05, 0.1) is 18.5 Å². The highest BCUT2D eigenvalue weighted by Gasteiger charge is 2.15. The van der Waals surface area contributed by atoms with Gasteiger partial charge in [-0.05, 0) is 6.07 Å². The molecule has 1 heterocycles. The molecule has 0 aliphatic rings. The van der Waals surface area contributed by atoms with Gasteiger partial charge in [0.25, 0.3) is 5.56 Å². The van der Waals surface area contributed by atoms with Crippen molar-refractivity contribution in [3.8, 4) is 0 Å². The first kappa shape index (κ1) is 12.3. The van der Waals surface area contributed by atoms with E-state index < -0.39 is 5.97 Å². The van der Waals surface area contributed by atoms with Gasteiger partial charge in [-0.15, -0.1) is 0 Å². The number of methoxy groups -OCH3 is 1. The highest BCUT2D eigenvalue weighted by atomic mass is 16.5. The maximum atomic E-state index is 12.1. The van der Waals surface area contributed by atoms with E-state index in [0.717, 1.165) is 4.68 Å². The SMILES string of the molecule is COCCn1nc(C(=O)O)c2ccccc2c1=O. The van der Waals surface area contributed by atoms with E-state index in [4.69, 9.17) is 9.84 Å². The molecule has 0 aliphatic heterocycles. The minimum Gasteiger partial charge on any atom is -0.476 e. The van der Waals surface area contributed by atoms with Crippen molar-refractivity contribution in [1.29, 1.82) is 0 Å². The number of benzene rings is 1. The van der Waals surface area contributed by atoms with Crippen molar-refractivity contribution in [3.63, 3.8) is 0 Å². The van der Waals surface area contributed by atoms with E-state index in [1.807, 2.05) is 0 Å². The molecule has 0 aliphatic carbocycles. The lowest BCUT2D eigenvalue weighted by Crippen LogP contribution is -2.27. The quantitative estimate of drug-likeness (QED) is 0.863. The monoisotopic (exact) mass is 248 g/mol. The van der Waals surface area contributed by atoms with Crippen LogP contribution in [0.4, 0.5) is 0 Å². The molecule has 1 N–H and O–H groups in total. The molecule has 1 aromatic heterocycles. The summed E-state index contributed by atoms with van der Waals surface area (Å²) in [6.07, 6.45) is 0. The Morgan fingerprint density at radius 1 is 1.39 bits per heavy atom. The number of carboxylic acid groups (broad SMARTS) is 1. The molecule has 0 unspecified atom stereocenters. The molecule has 0 radical (unpaired) electrons. The van der Waals surface area contributed by atoms with Crippen LogP contribution in [-0.2, 0) is 11.3 Å². The predicted octanol–water partition coefficient (Wildman–Crippen LogP) is 0.741. The van der Waals surface area contributed by atoms with E-state index in [2.05, 4.69) is 5.10 Å². The van der Waals surface area contributed by atoms with Crippen molar-refractivity contribution in [1.82, 2.24) is 9.78 Å². The van der Waals surface area contributed by atoms with Crippen molar-refractivity contribution < 1.29 is 14.6 Å². The minimum atomic E-state index is -1.16. The number of carbonyl (C=O) groups is 1. The molecule has 0 saturated heterocycles. The van der Waals surface area contributed by atoms with Crippen LogP contribution in [0, 0.1) is 0 Å². The molecule has 0 spiro atoms. The topological polar surface area (TPSA) is 81.4 Å².